The average Bonchev–Trinajstić information content (AvgIpc) is 2.48. The molecule has 114 valence electrons. The fourth-order valence-electron chi connectivity index (χ4n) is 2.37. The van der Waals surface area contributed by atoms with E-state index in [-0.39, 0.29) is 17.5 Å². The molecule has 0 radical (unpaired) electrons. The van der Waals surface area contributed by atoms with Gasteiger partial charge in [-0.05, 0) is 18.6 Å². The Morgan fingerprint density at radius 3 is 2.24 bits per heavy atom. The van der Waals surface area contributed by atoms with Crippen LogP contribution in [-0.4, -0.2) is 66.9 Å². The number of rotatable bonds is 1. The van der Waals surface area contributed by atoms with E-state index < -0.39 is 5.82 Å². The van der Waals surface area contributed by atoms with Crippen molar-refractivity contribution in [3.8, 4) is 0 Å². The van der Waals surface area contributed by atoms with Gasteiger partial charge in [0.25, 0.3) is 5.91 Å². The lowest BCUT2D eigenvalue weighted by molar-refractivity contribution is 0.0645. The summed E-state index contributed by atoms with van der Waals surface area (Å²) in [6, 6.07) is 4.75. The fourth-order valence-corrected chi connectivity index (χ4v) is 2.37. The minimum atomic E-state index is -0.464. The summed E-state index contributed by atoms with van der Waals surface area (Å²) in [5.41, 5.74) is 0.560. The maximum atomic E-state index is 14.0. The molecular formula is C15H20FN3O2. The van der Waals surface area contributed by atoms with Crippen LogP contribution in [0.3, 0.4) is 0 Å². The number of aryl methyl sites for hydroxylation is 1. The van der Waals surface area contributed by atoms with Crippen molar-refractivity contribution in [3.63, 3.8) is 0 Å². The smallest absolute Gasteiger partial charge is 0.319 e. The van der Waals surface area contributed by atoms with Crippen LogP contribution in [0, 0.1) is 12.7 Å². The molecule has 0 unspecified atom stereocenters. The van der Waals surface area contributed by atoms with E-state index in [1.54, 1.807) is 43.0 Å². The van der Waals surface area contributed by atoms with Crippen molar-refractivity contribution in [2.45, 2.75) is 6.92 Å². The van der Waals surface area contributed by atoms with Gasteiger partial charge in [-0.2, -0.15) is 0 Å². The second-order valence-electron chi connectivity index (χ2n) is 5.39. The first-order chi connectivity index (χ1) is 9.91. The van der Waals surface area contributed by atoms with Crippen molar-refractivity contribution in [2.24, 2.45) is 0 Å². The van der Waals surface area contributed by atoms with E-state index in [0.29, 0.717) is 31.7 Å². The molecule has 0 aliphatic carbocycles. The molecule has 0 saturated carbocycles. The number of hydrogen-bond acceptors (Lipinski definition) is 2. The Balaban J connectivity index is 2.04. The van der Waals surface area contributed by atoms with E-state index in [1.807, 2.05) is 0 Å². The quantitative estimate of drug-likeness (QED) is 0.789. The summed E-state index contributed by atoms with van der Waals surface area (Å²) in [4.78, 5) is 29.0. The third-order valence-corrected chi connectivity index (χ3v) is 3.64. The summed E-state index contributed by atoms with van der Waals surface area (Å²) in [5, 5.41) is 0. The van der Waals surface area contributed by atoms with Gasteiger partial charge >= 0.3 is 6.03 Å². The second-order valence-corrected chi connectivity index (χ2v) is 5.39. The molecule has 1 aromatic rings. The number of hydrogen-bond donors (Lipinski definition) is 0. The molecule has 0 N–H and O–H groups in total. The molecule has 6 heteroatoms. The number of carbonyl (C=O) groups excluding carboxylic acids is 2. The van der Waals surface area contributed by atoms with Crippen molar-refractivity contribution in [2.75, 3.05) is 40.3 Å². The molecule has 2 rings (SSSR count). The topological polar surface area (TPSA) is 43.9 Å². The van der Waals surface area contributed by atoms with E-state index in [0.717, 1.165) is 0 Å². The lowest BCUT2D eigenvalue weighted by atomic mass is 10.1. The molecule has 0 atom stereocenters. The zero-order valence-corrected chi connectivity index (χ0v) is 12.6. The molecule has 1 aliphatic rings. The Morgan fingerprint density at radius 2 is 1.67 bits per heavy atom. The molecule has 1 fully saturated rings. The summed E-state index contributed by atoms with van der Waals surface area (Å²) < 4.78 is 14.0. The van der Waals surface area contributed by atoms with E-state index in [4.69, 9.17) is 0 Å². The van der Waals surface area contributed by atoms with Crippen LogP contribution in [0.25, 0.3) is 0 Å². The normalized spacial score (nSPS) is 15.0. The average molecular weight is 293 g/mol. The number of halogens is 1. The molecular weight excluding hydrogens is 273 g/mol. The zero-order valence-electron chi connectivity index (χ0n) is 12.6. The maximum Gasteiger partial charge on any atom is 0.319 e. The second kappa shape index (κ2) is 6.11. The van der Waals surface area contributed by atoms with Gasteiger partial charge in [0.1, 0.15) is 5.82 Å². The largest absolute Gasteiger partial charge is 0.335 e. The SMILES string of the molecule is Cc1cccc(C(=O)N2CCN(C(=O)N(C)C)CC2)c1F. The summed E-state index contributed by atoms with van der Waals surface area (Å²) in [5.74, 6) is -0.776. The molecule has 0 aromatic heterocycles. The Hall–Kier alpha value is -2.11. The highest BCUT2D eigenvalue weighted by atomic mass is 19.1. The first-order valence-electron chi connectivity index (χ1n) is 6.92. The third kappa shape index (κ3) is 3.15. The van der Waals surface area contributed by atoms with Crippen molar-refractivity contribution in [1.82, 2.24) is 14.7 Å². The van der Waals surface area contributed by atoms with Gasteiger partial charge in [-0.3, -0.25) is 4.79 Å². The molecule has 21 heavy (non-hydrogen) atoms. The molecule has 0 bridgehead atoms. The van der Waals surface area contributed by atoms with Crippen LogP contribution >= 0.6 is 0 Å². The summed E-state index contributed by atoms with van der Waals surface area (Å²) in [6.07, 6.45) is 0. The number of nitrogens with zero attached hydrogens (tertiary/aromatic N) is 3. The molecule has 1 aromatic carbocycles. The van der Waals surface area contributed by atoms with E-state index in [9.17, 15) is 14.0 Å². The molecule has 1 aliphatic heterocycles. The lowest BCUT2D eigenvalue weighted by Gasteiger charge is -2.36. The van der Waals surface area contributed by atoms with Crippen molar-refractivity contribution in [3.05, 3.63) is 35.1 Å². The van der Waals surface area contributed by atoms with Crippen LogP contribution in [0.5, 0.6) is 0 Å². The highest BCUT2D eigenvalue weighted by Gasteiger charge is 2.27. The van der Waals surface area contributed by atoms with Crippen molar-refractivity contribution < 1.29 is 14.0 Å². The minimum absolute atomic E-state index is 0.0659. The first kappa shape index (κ1) is 15.3. The van der Waals surface area contributed by atoms with Gasteiger partial charge in [0.2, 0.25) is 0 Å². The van der Waals surface area contributed by atoms with Crippen LogP contribution in [-0.2, 0) is 0 Å². The van der Waals surface area contributed by atoms with Crippen molar-refractivity contribution in [1.29, 1.82) is 0 Å². The Kier molecular flexibility index (Phi) is 4.45. The van der Waals surface area contributed by atoms with E-state index >= 15 is 0 Å². The number of carbonyl (C=O) groups is 2. The summed E-state index contributed by atoms with van der Waals surface area (Å²) >= 11 is 0. The Labute approximate surface area is 123 Å². The van der Waals surface area contributed by atoms with Crippen LogP contribution in [0.1, 0.15) is 15.9 Å². The number of piperazine rings is 1. The number of amides is 3. The van der Waals surface area contributed by atoms with Crippen LogP contribution in [0.2, 0.25) is 0 Å². The van der Waals surface area contributed by atoms with Gasteiger partial charge in [0, 0.05) is 40.3 Å². The van der Waals surface area contributed by atoms with E-state index in [2.05, 4.69) is 0 Å². The van der Waals surface area contributed by atoms with Gasteiger partial charge in [-0.1, -0.05) is 12.1 Å². The van der Waals surface area contributed by atoms with Gasteiger partial charge in [-0.25, -0.2) is 9.18 Å². The van der Waals surface area contributed by atoms with Gasteiger partial charge in [0.05, 0.1) is 5.56 Å². The molecule has 0 spiro atoms. The molecule has 1 heterocycles. The third-order valence-electron chi connectivity index (χ3n) is 3.64. The van der Waals surface area contributed by atoms with Crippen molar-refractivity contribution >= 4 is 11.9 Å². The summed E-state index contributed by atoms with van der Waals surface area (Å²) in [6.45, 7) is 3.42. The molecule has 5 nitrogen and oxygen atoms in total. The zero-order chi connectivity index (χ0) is 15.6. The van der Waals surface area contributed by atoms with Gasteiger partial charge in [-0.15, -0.1) is 0 Å². The van der Waals surface area contributed by atoms with Crippen LogP contribution in [0.4, 0.5) is 9.18 Å². The van der Waals surface area contributed by atoms with Gasteiger partial charge in [0.15, 0.2) is 0 Å². The predicted molar refractivity (Wildman–Crippen MR) is 77.7 cm³/mol. The molecule has 1 saturated heterocycles. The Morgan fingerprint density at radius 1 is 1.10 bits per heavy atom. The molecule has 3 amide bonds. The standard InChI is InChI=1S/C15H20FN3O2/c1-11-5-4-6-12(13(11)16)14(20)18-7-9-19(10-8-18)15(21)17(2)3/h4-6H,7-10H2,1-3H3. The number of urea groups is 1. The minimum Gasteiger partial charge on any atom is -0.335 e. The highest BCUT2D eigenvalue weighted by Crippen LogP contribution is 2.15. The lowest BCUT2D eigenvalue weighted by Crippen LogP contribution is -2.53. The first-order valence-corrected chi connectivity index (χ1v) is 6.92. The maximum absolute atomic E-state index is 14.0. The van der Waals surface area contributed by atoms with E-state index in [1.165, 1.54) is 11.0 Å². The predicted octanol–water partition coefficient (Wildman–Crippen LogP) is 1.57. The van der Waals surface area contributed by atoms with Crippen LogP contribution < -0.4 is 0 Å². The summed E-state index contributed by atoms with van der Waals surface area (Å²) in [7, 11) is 3.39. The fraction of sp³-hybridized carbons (Fsp3) is 0.467. The van der Waals surface area contributed by atoms with Crippen LogP contribution in [0.15, 0.2) is 18.2 Å². The number of benzene rings is 1. The Bertz CT molecular complexity index is 552. The highest BCUT2D eigenvalue weighted by molar-refractivity contribution is 5.94. The monoisotopic (exact) mass is 293 g/mol. The van der Waals surface area contributed by atoms with Gasteiger partial charge < -0.3 is 14.7 Å².